The van der Waals surface area contributed by atoms with Gasteiger partial charge in [-0.2, -0.15) is 5.26 Å². The number of rotatable bonds is 1. The van der Waals surface area contributed by atoms with Gasteiger partial charge in [0.2, 0.25) is 0 Å². The van der Waals surface area contributed by atoms with Gasteiger partial charge in [-0.3, -0.25) is 4.79 Å². The zero-order chi connectivity index (χ0) is 8.97. The molecule has 1 aromatic rings. The molecule has 0 unspecified atom stereocenters. The summed E-state index contributed by atoms with van der Waals surface area (Å²) in [5.41, 5.74) is 1.19. The number of amides is 1. The highest BCUT2D eigenvalue weighted by molar-refractivity contribution is 14.1. The Morgan fingerprint density at radius 2 is 2.33 bits per heavy atom. The third kappa shape index (κ3) is 2.51. The predicted molar refractivity (Wildman–Crippen MR) is 54.2 cm³/mol. The maximum absolute atomic E-state index is 10.6. The Morgan fingerprint density at radius 3 is 2.92 bits per heavy atom. The van der Waals surface area contributed by atoms with Crippen molar-refractivity contribution in [2.24, 2.45) is 0 Å². The first-order valence-corrected chi connectivity index (χ1v) is 4.27. The van der Waals surface area contributed by atoms with Crippen LogP contribution in [0.25, 0.3) is 0 Å². The Labute approximate surface area is 83.5 Å². The summed E-state index contributed by atoms with van der Waals surface area (Å²) < 4.78 is -0.164. The molecule has 1 N–H and O–H groups in total. The Balaban J connectivity index is 2.88. The second-order valence-corrected chi connectivity index (χ2v) is 3.07. The van der Waals surface area contributed by atoms with Crippen LogP contribution in [0.4, 0.5) is 10.5 Å². The summed E-state index contributed by atoms with van der Waals surface area (Å²) >= 11 is 1.64. The molecule has 4 heteroatoms. The molecule has 0 bridgehead atoms. The average Bonchev–Trinajstić information content (AvgIpc) is 2.03. The van der Waals surface area contributed by atoms with Crippen molar-refractivity contribution in [3.63, 3.8) is 0 Å². The number of nitriles is 1. The fraction of sp³-hybridized carbons (Fsp3) is 0. The smallest absolute Gasteiger partial charge is 0.284 e. The summed E-state index contributed by atoms with van der Waals surface area (Å²) in [5, 5.41) is 11.1. The van der Waals surface area contributed by atoms with Crippen molar-refractivity contribution < 1.29 is 4.79 Å². The maximum atomic E-state index is 10.6. The van der Waals surface area contributed by atoms with E-state index in [9.17, 15) is 4.79 Å². The number of nitrogens with one attached hydrogen (secondary N) is 1. The van der Waals surface area contributed by atoms with E-state index in [4.69, 9.17) is 5.26 Å². The van der Waals surface area contributed by atoms with E-state index in [1.54, 1.807) is 46.9 Å². The van der Waals surface area contributed by atoms with Gasteiger partial charge in [0, 0.05) is 28.3 Å². The van der Waals surface area contributed by atoms with Crippen LogP contribution in [0.2, 0.25) is 0 Å². The second kappa shape index (κ2) is 4.07. The maximum Gasteiger partial charge on any atom is 0.284 e. The number of carbonyl (C=O) groups excluding carboxylic acids is 1. The highest BCUT2D eigenvalue weighted by Gasteiger charge is 1.96. The zero-order valence-electron chi connectivity index (χ0n) is 6.04. The average molecular weight is 272 g/mol. The Bertz CT molecular complexity index is 343. The Hall–Kier alpha value is -1.09. The minimum absolute atomic E-state index is 0.164. The first kappa shape index (κ1) is 9.00. The molecule has 0 aromatic heterocycles. The van der Waals surface area contributed by atoms with E-state index in [1.807, 2.05) is 6.07 Å². The Morgan fingerprint density at radius 1 is 1.58 bits per heavy atom. The topological polar surface area (TPSA) is 52.9 Å². The van der Waals surface area contributed by atoms with Crippen LogP contribution >= 0.6 is 22.6 Å². The summed E-state index contributed by atoms with van der Waals surface area (Å²) in [6.45, 7) is 0. The van der Waals surface area contributed by atoms with Gasteiger partial charge in [-0.05, 0) is 18.2 Å². The van der Waals surface area contributed by atoms with Crippen molar-refractivity contribution in [3.8, 4) is 6.07 Å². The number of benzene rings is 1. The Kier molecular flexibility index (Phi) is 3.05. The molecular formula is C8H5IN2O. The van der Waals surface area contributed by atoms with Gasteiger partial charge in [-0.15, -0.1) is 0 Å². The van der Waals surface area contributed by atoms with Gasteiger partial charge in [0.1, 0.15) is 0 Å². The second-order valence-electron chi connectivity index (χ2n) is 2.09. The van der Waals surface area contributed by atoms with Crippen molar-refractivity contribution in [2.75, 3.05) is 5.32 Å². The summed E-state index contributed by atoms with van der Waals surface area (Å²) in [7, 11) is 0. The van der Waals surface area contributed by atoms with Gasteiger partial charge in [0.05, 0.1) is 11.6 Å². The summed E-state index contributed by atoms with van der Waals surface area (Å²) in [6.07, 6.45) is 0. The first-order chi connectivity index (χ1) is 5.72. The van der Waals surface area contributed by atoms with E-state index in [0.717, 1.165) is 0 Å². The molecule has 1 amide bonds. The van der Waals surface area contributed by atoms with Crippen LogP contribution in [0.1, 0.15) is 5.56 Å². The molecule has 0 aliphatic heterocycles. The van der Waals surface area contributed by atoms with Crippen molar-refractivity contribution in [1.29, 1.82) is 5.26 Å². The minimum atomic E-state index is -0.164. The molecular weight excluding hydrogens is 267 g/mol. The quantitative estimate of drug-likeness (QED) is 0.485. The van der Waals surface area contributed by atoms with Gasteiger partial charge in [0.15, 0.2) is 0 Å². The standard InChI is InChI=1S/C8H5IN2O/c9-8(12)11-7-3-1-2-6(4-7)5-10/h1-4H,(H,11,12). The molecule has 60 valence electrons. The number of anilines is 1. The van der Waals surface area contributed by atoms with Crippen LogP contribution in [-0.4, -0.2) is 3.91 Å². The summed E-state index contributed by atoms with van der Waals surface area (Å²) in [5.74, 6) is 0. The number of carbonyl (C=O) groups is 1. The van der Waals surface area contributed by atoms with Crippen molar-refractivity contribution in [1.82, 2.24) is 0 Å². The van der Waals surface area contributed by atoms with E-state index in [1.165, 1.54) is 0 Å². The lowest BCUT2D eigenvalue weighted by Gasteiger charge is -1.99. The van der Waals surface area contributed by atoms with Crippen molar-refractivity contribution in [3.05, 3.63) is 29.8 Å². The van der Waals surface area contributed by atoms with Crippen LogP contribution in [-0.2, 0) is 0 Å². The van der Waals surface area contributed by atoms with Crippen LogP contribution in [0.5, 0.6) is 0 Å². The predicted octanol–water partition coefficient (Wildman–Crippen LogP) is 2.53. The van der Waals surface area contributed by atoms with E-state index in [-0.39, 0.29) is 3.91 Å². The van der Waals surface area contributed by atoms with Gasteiger partial charge >= 0.3 is 0 Å². The number of hydrogen-bond donors (Lipinski definition) is 1. The summed E-state index contributed by atoms with van der Waals surface area (Å²) in [4.78, 5) is 10.6. The molecule has 1 rings (SSSR count). The van der Waals surface area contributed by atoms with Gasteiger partial charge in [-0.25, -0.2) is 0 Å². The van der Waals surface area contributed by atoms with Crippen molar-refractivity contribution in [2.45, 2.75) is 0 Å². The molecule has 0 aliphatic rings. The molecule has 0 saturated heterocycles. The molecule has 0 aliphatic carbocycles. The lowest BCUT2D eigenvalue weighted by atomic mass is 10.2. The molecule has 0 spiro atoms. The zero-order valence-corrected chi connectivity index (χ0v) is 8.20. The molecule has 0 heterocycles. The highest BCUT2D eigenvalue weighted by atomic mass is 127. The third-order valence-electron chi connectivity index (χ3n) is 1.23. The minimum Gasteiger partial charge on any atom is -0.317 e. The van der Waals surface area contributed by atoms with E-state index < -0.39 is 0 Å². The van der Waals surface area contributed by atoms with Gasteiger partial charge in [0.25, 0.3) is 3.91 Å². The highest BCUT2D eigenvalue weighted by Crippen LogP contribution is 2.10. The van der Waals surface area contributed by atoms with Crippen LogP contribution < -0.4 is 5.32 Å². The van der Waals surface area contributed by atoms with E-state index in [0.29, 0.717) is 11.3 Å². The number of halogens is 1. The summed E-state index contributed by atoms with van der Waals surface area (Å²) in [6, 6.07) is 8.75. The molecule has 1 aromatic carbocycles. The molecule has 0 atom stereocenters. The van der Waals surface area contributed by atoms with Gasteiger partial charge < -0.3 is 5.32 Å². The first-order valence-electron chi connectivity index (χ1n) is 3.19. The number of nitrogens with zero attached hydrogens (tertiary/aromatic N) is 1. The van der Waals surface area contributed by atoms with E-state index >= 15 is 0 Å². The van der Waals surface area contributed by atoms with Gasteiger partial charge in [-0.1, -0.05) is 6.07 Å². The van der Waals surface area contributed by atoms with Crippen LogP contribution in [0, 0.1) is 11.3 Å². The molecule has 3 nitrogen and oxygen atoms in total. The van der Waals surface area contributed by atoms with Crippen LogP contribution in [0.3, 0.4) is 0 Å². The fourth-order valence-corrected chi connectivity index (χ4v) is 1.09. The van der Waals surface area contributed by atoms with Crippen LogP contribution in [0.15, 0.2) is 24.3 Å². The SMILES string of the molecule is N#Cc1cccc(NC(=O)I)c1. The molecule has 0 saturated carbocycles. The lowest BCUT2D eigenvalue weighted by molar-refractivity contribution is 0.272. The lowest BCUT2D eigenvalue weighted by Crippen LogP contribution is -1.99. The number of hydrogen-bond acceptors (Lipinski definition) is 2. The molecule has 12 heavy (non-hydrogen) atoms. The molecule has 0 fully saturated rings. The van der Waals surface area contributed by atoms with Crippen molar-refractivity contribution >= 4 is 32.2 Å². The van der Waals surface area contributed by atoms with E-state index in [2.05, 4.69) is 5.32 Å². The largest absolute Gasteiger partial charge is 0.317 e. The third-order valence-corrected chi connectivity index (χ3v) is 1.50. The fourth-order valence-electron chi connectivity index (χ4n) is 0.780. The monoisotopic (exact) mass is 272 g/mol. The molecule has 0 radical (unpaired) electrons. The normalized spacial score (nSPS) is 8.67.